The highest BCUT2D eigenvalue weighted by molar-refractivity contribution is 5.78. The Bertz CT molecular complexity index is 593. The minimum Gasteiger partial charge on any atom is -0.300 e. The summed E-state index contributed by atoms with van der Waals surface area (Å²) in [6, 6.07) is 0. The van der Waals surface area contributed by atoms with Crippen LogP contribution in [0.25, 0.3) is 0 Å². The molecule has 4 rings (SSSR count). The number of fused-ring (bicyclic) bond motifs is 5. The average molecular weight is 401 g/mol. The lowest BCUT2D eigenvalue weighted by Gasteiger charge is -2.61. The number of carbonyl (C=O) groups is 1. The summed E-state index contributed by atoms with van der Waals surface area (Å²) in [5.41, 5.74) is 0.823. The third-order valence-corrected chi connectivity index (χ3v) is 11.1. The van der Waals surface area contributed by atoms with E-state index in [1.165, 1.54) is 64.2 Å². The highest BCUT2D eigenvalue weighted by Crippen LogP contribution is 2.67. The zero-order valence-electron chi connectivity index (χ0n) is 20.1. The van der Waals surface area contributed by atoms with Gasteiger partial charge in [-0.15, -0.1) is 0 Å². The summed E-state index contributed by atoms with van der Waals surface area (Å²) in [6.07, 6.45) is 17.2. The monoisotopic (exact) mass is 400 g/mol. The van der Waals surface area contributed by atoms with Crippen molar-refractivity contribution in [3.8, 4) is 0 Å². The van der Waals surface area contributed by atoms with Crippen molar-refractivity contribution in [1.82, 2.24) is 0 Å². The van der Waals surface area contributed by atoms with Crippen LogP contribution >= 0.6 is 0 Å². The average Bonchev–Trinajstić information content (AvgIpc) is 3.07. The van der Waals surface area contributed by atoms with Crippen LogP contribution in [0.3, 0.4) is 0 Å². The molecule has 4 aliphatic carbocycles. The van der Waals surface area contributed by atoms with Crippen molar-refractivity contribution in [2.75, 3.05) is 0 Å². The first-order chi connectivity index (χ1) is 13.7. The Labute approximate surface area is 181 Å². The van der Waals surface area contributed by atoms with Gasteiger partial charge in [0.05, 0.1) is 0 Å². The molecular formula is C28H48O. The second-order valence-corrected chi connectivity index (χ2v) is 12.8. The van der Waals surface area contributed by atoms with E-state index >= 15 is 0 Å². The number of Topliss-reactive ketones (excluding diaryl/α,β-unsaturated/α-hetero) is 1. The summed E-state index contributed by atoms with van der Waals surface area (Å²) < 4.78 is 0. The Balaban J connectivity index is 1.46. The molecule has 4 fully saturated rings. The van der Waals surface area contributed by atoms with E-state index in [0.29, 0.717) is 16.6 Å². The van der Waals surface area contributed by atoms with Crippen molar-refractivity contribution in [3.05, 3.63) is 0 Å². The van der Waals surface area contributed by atoms with Crippen molar-refractivity contribution < 1.29 is 4.79 Å². The minimum absolute atomic E-state index is 0.411. The van der Waals surface area contributed by atoms with Crippen LogP contribution < -0.4 is 0 Å². The van der Waals surface area contributed by atoms with Gasteiger partial charge in [0.15, 0.2) is 0 Å². The van der Waals surface area contributed by atoms with E-state index in [-0.39, 0.29) is 0 Å². The second kappa shape index (κ2) is 8.31. The second-order valence-electron chi connectivity index (χ2n) is 12.8. The lowest BCUT2D eigenvalue weighted by Crippen LogP contribution is -2.53. The first-order valence-electron chi connectivity index (χ1n) is 13.3. The first kappa shape index (κ1) is 21.9. The molecule has 0 bridgehead atoms. The maximum atomic E-state index is 12.3. The van der Waals surface area contributed by atoms with E-state index in [4.69, 9.17) is 0 Å². The van der Waals surface area contributed by atoms with E-state index in [0.717, 1.165) is 60.7 Å². The van der Waals surface area contributed by atoms with Gasteiger partial charge in [0, 0.05) is 12.8 Å². The largest absolute Gasteiger partial charge is 0.300 e. The molecule has 4 aliphatic rings. The van der Waals surface area contributed by atoms with Gasteiger partial charge in [0.1, 0.15) is 5.78 Å². The molecule has 8 atom stereocenters. The van der Waals surface area contributed by atoms with E-state index < -0.39 is 0 Å². The van der Waals surface area contributed by atoms with Gasteiger partial charge in [-0.25, -0.2) is 0 Å². The minimum atomic E-state index is 0.411. The van der Waals surface area contributed by atoms with Gasteiger partial charge in [-0.1, -0.05) is 53.9 Å². The number of hydrogen-bond acceptors (Lipinski definition) is 1. The molecule has 0 amide bonds. The Morgan fingerprint density at radius 3 is 2.31 bits per heavy atom. The molecule has 4 saturated carbocycles. The number of ketones is 1. The van der Waals surface area contributed by atoms with Crippen LogP contribution in [0.15, 0.2) is 0 Å². The fraction of sp³-hybridized carbons (Fsp3) is 0.964. The zero-order chi connectivity index (χ0) is 20.8. The molecule has 0 spiro atoms. The molecular weight excluding hydrogens is 352 g/mol. The fourth-order valence-corrected chi connectivity index (χ4v) is 9.01. The Morgan fingerprint density at radius 2 is 1.55 bits per heavy atom. The summed E-state index contributed by atoms with van der Waals surface area (Å²) in [7, 11) is 0. The van der Waals surface area contributed by atoms with Crippen molar-refractivity contribution in [1.29, 1.82) is 0 Å². The standard InChI is InChI=1S/C28H48O/c1-19(2)7-6-8-20(3)22-9-10-24-23(22)11-12-26-25(24)15-17-27(4)16-13-21(29)14-18-28(26,27)5/h19-20,22-26H,6-18H2,1-5H3/t20-,22+,23-,24-,25-,26-,27-,28-/m1/s1. The molecule has 0 aliphatic heterocycles. The predicted octanol–water partition coefficient (Wildman–Crippen LogP) is 8.07. The Hall–Kier alpha value is -0.330. The van der Waals surface area contributed by atoms with Crippen LogP contribution in [0, 0.1) is 52.3 Å². The first-order valence-corrected chi connectivity index (χ1v) is 13.3. The molecule has 0 aromatic carbocycles. The number of hydrogen-bond donors (Lipinski definition) is 0. The molecule has 29 heavy (non-hydrogen) atoms. The molecule has 1 heteroatoms. The van der Waals surface area contributed by atoms with Crippen LogP contribution in [0.4, 0.5) is 0 Å². The Morgan fingerprint density at radius 1 is 0.828 bits per heavy atom. The van der Waals surface area contributed by atoms with Gasteiger partial charge in [-0.3, -0.25) is 4.79 Å². The highest BCUT2D eigenvalue weighted by atomic mass is 16.1. The zero-order valence-corrected chi connectivity index (χ0v) is 20.1. The molecule has 0 heterocycles. The van der Waals surface area contributed by atoms with Crippen molar-refractivity contribution in [3.63, 3.8) is 0 Å². The summed E-state index contributed by atoms with van der Waals surface area (Å²) in [6.45, 7) is 12.5. The highest BCUT2D eigenvalue weighted by Gasteiger charge is 2.59. The summed E-state index contributed by atoms with van der Waals surface area (Å²) >= 11 is 0. The van der Waals surface area contributed by atoms with Crippen LogP contribution in [0.5, 0.6) is 0 Å². The van der Waals surface area contributed by atoms with Gasteiger partial charge in [-0.2, -0.15) is 0 Å². The van der Waals surface area contributed by atoms with Crippen molar-refractivity contribution >= 4 is 5.78 Å². The SMILES string of the molecule is CC(C)CCC[C@@H](C)[C@@H]1CC[C@@H]2[C@@H]1CC[C@@H]1[C@@H]2CC[C@@]2(C)CCC(=O)CC[C@]12C. The van der Waals surface area contributed by atoms with Gasteiger partial charge < -0.3 is 0 Å². The maximum Gasteiger partial charge on any atom is 0.132 e. The lowest BCUT2D eigenvalue weighted by molar-refractivity contribution is -0.121. The molecule has 0 aromatic heterocycles. The molecule has 0 saturated heterocycles. The molecule has 0 aromatic rings. The third-order valence-electron chi connectivity index (χ3n) is 11.1. The van der Waals surface area contributed by atoms with E-state index in [1.807, 2.05) is 0 Å². The summed E-state index contributed by atoms with van der Waals surface area (Å²) in [5, 5.41) is 0. The summed E-state index contributed by atoms with van der Waals surface area (Å²) in [4.78, 5) is 12.3. The maximum absolute atomic E-state index is 12.3. The van der Waals surface area contributed by atoms with Gasteiger partial charge in [0.25, 0.3) is 0 Å². The van der Waals surface area contributed by atoms with Gasteiger partial charge in [0.2, 0.25) is 0 Å². The topological polar surface area (TPSA) is 17.1 Å². The van der Waals surface area contributed by atoms with Gasteiger partial charge in [-0.05, 0) is 104 Å². The normalized spacial score (nSPS) is 46.0. The Kier molecular flexibility index (Phi) is 6.27. The quantitative estimate of drug-likeness (QED) is 0.456. The molecule has 0 N–H and O–H groups in total. The van der Waals surface area contributed by atoms with Crippen molar-refractivity contribution in [2.45, 2.75) is 118 Å². The smallest absolute Gasteiger partial charge is 0.132 e. The van der Waals surface area contributed by atoms with E-state index in [9.17, 15) is 4.79 Å². The number of rotatable bonds is 5. The van der Waals surface area contributed by atoms with Gasteiger partial charge >= 0.3 is 0 Å². The van der Waals surface area contributed by atoms with Crippen LogP contribution in [0.1, 0.15) is 118 Å². The molecule has 166 valence electrons. The number of carbonyl (C=O) groups excluding carboxylic acids is 1. The third kappa shape index (κ3) is 3.87. The lowest BCUT2D eigenvalue weighted by atomic mass is 9.44. The fourth-order valence-electron chi connectivity index (χ4n) is 9.01. The van der Waals surface area contributed by atoms with E-state index in [1.54, 1.807) is 0 Å². The van der Waals surface area contributed by atoms with Crippen molar-refractivity contribution in [2.24, 2.45) is 52.3 Å². The molecule has 0 radical (unpaired) electrons. The van der Waals surface area contributed by atoms with E-state index in [2.05, 4.69) is 34.6 Å². The molecule has 1 nitrogen and oxygen atoms in total. The predicted molar refractivity (Wildman–Crippen MR) is 123 cm³/mol. The summed E-state index contributed by atoms with van der Waals surface area (Å²) in [5.74, 6) is 7.22. The van der Waals surface area contributed by atoms with Crippen LogP contribution in [-0.2, 0) is 4.79 Å². The van der Waals surface area contributed by atoms with Crippen LogP contribution in [-0.4, -0.2) is 5.78 Å². The van der Waals surface area contributed by atoms with Crippen LogP contribution in [0.2, 0.25) is 0 Å². The molecule has 0 unspecified atom stereocenters.